The van der Waals surface area contributed by atoms with Crippen molar-refractivity contribution in [2.45, 2.75) is 58.2 Å². The minimum absolute atomic E-state index is 0.0258. The van der Waals surface area contributed by atoms with Gasteiger partial charge in [0.25, 0.3) is 0 Å². The molecule has 3 aromatic rings. The molecule has 6 nitrogen and oxygen atoms in total. The van der Waals surface area contributed by atoms with Crippen molar-refractivity contribution in [1.82, 2.24) is 24.4 Å². The summed E-state index contributed by atoms with van der Waals surface area (Å²) in [5, 5.41) is 0. The number of nitrogens with zero attached hydrogens (tertiary/aromatic N) is 5. The molecule has 3 aliphatic heterocycles. The third kappa shape index (κ3) is 4.98. The smallest absolute Gasteiger partial charge is 0.389 e. The number of alkyl halides is 3. The van der Waals surface area contributed by atoms with Crippen LogP contribution in [0.5, 0.6) is 6.01 Å². The van der Waals surface area contributed by atoms with Crippen molar-refractivity contribution in [3.63, 3.8) is 0 Å². The maximum absolute atomic E-state index is 15.3. The monoisotopic (exact) mass is 491 g/mol. The van der Waals surface area contributed by atoms with E-state index in [0.29, 0.717) is 40.9 Å². The Morgan fingerprint density at radius 3 is 2.51 bits per heavy atom. The highest BCUT2D eigenvalue weighted by molar-refractivity contribution is 5.74. The summed E-state index contributed by atoms with van der Waals surface area (Å²) < 4.78 is 61.3. The average Bonchev–Trinajstić information content (AvgIpc) is 3.17. The molecule has 3 fully saturated rings. The highest BCUT2D eigenvalue weighted by Gasteiger charge is 2.35. The topological polar surface area (TPSA) is 56.1 Å². The number of hydrogen-bond donors (Lipinski definition) is 0. The number of ether oxygens (including phenoxy) is 1. The van der Waals surface area contributed by atoms with Crippen LogP contribution in [0.3, 0.4) is 0 Å². The highest BCUT2D eigenvalue weighted by atomic mass is 19.4. The van der Waals surface area contributed by atoms with E-state index in [2.05, 4.69) is 19.9 Å². The van der Waals surface area contributed by atoms with Crippen LogP contribution in [0.2, 0.25) is 0 Å². The van der Waals surface area contributed by atoms with Gasteiger partial charge in [-0.15, -0.1) is 0 Å². The molecule has 0 saturated carbocycles. The first kappa shape index (κ1) is 24.0. The van der Waals surface area contributed by atoms with Crippen LogP contribution in [0.1, 0.15) is 54.7 Å². The summed E-state index contributed by atoms with van der Waals surface area (Å²) >= 11 is 0. The van der Waals surface area contributed by atoms with Gasteiger partial charge in [0, 0.05) is 18.5 Å². The van der Waals surface area contributed by atoms with Crippen LogP contribution in [-0.4, -0.2) is 56.8 Å². The Morgan fingerprint density at radius 1 is 1.11 bits per heavy atom. The SMILES string of the molecule is CCOc1nc(C)c2nc(CCC(F)(F)F)n(Cc3ccc(C4CN5CCC4CC5)cc3F)c2n1. The summed E-state index contributed by atoms with van der Waals surface area (Å²) in [5.74, 6) is 0.734. The highest BCUT2D eigenvalue weighted by Crippen LogP contribution is 2.39. The summed E-state index contributed by atoms with van der Waals surface area (Å²) in [4.78, 5) is 15.5. The summed E-state index contributed by atoms with van der Waals surface area (Å²) in [6.45, 7) is 7.05. The molecule has 2 bridgehead atoms. The number of piperidine rings is 3. The van der Waals surface area contributed by atoms with Crippen molar-refractivity contribution in [2.24, 2.45) is 5.92 Å². The molecule has 5 heterocycles. The van der Waals surface area contributed by atoms with Gasteiger partial charge in [-0.25, -0.2) is 9.37 Å². The van der Waals surface area contributed by atoms with Gasteiger partial charge in [-0.2, -0.15) is 23.1 Å². The zero-order chi connectivity index (χ0) is 24.7. The van der Waals surface area contributed by atoms with E-state index >= 15 is 4.39 Å². The Hall–Kier alpha value is -2.75. The average molecular weight is 492 g/mol. The van der Waals surface area contributed by atoms with Crippen LogP contribution < -0.4 is 4.74 Å². The van der Waals surface area contributed by atoms with Gasteiger partial charge in [0.2, 0.25) is 0 Å². The van der Waals surface area contributed by atoms with Gasteiger partial charge in [-0.05, 0) is 63.2 Å². The molecule has 0 amide bonds. The Labute approximate surface area is 201 Å². The van der Waals surface area contributed by atoms with Gasteiger partial charge in [0.1, 0.15) is 17.2 Å². The Kier molecular flexibility index (Phi) is 6.41. The lowest BCUT2D eigenvalue weighted by atomic mass is 9.75. The van der Waals surface area contributed by atoms with Gasteiger partial charge < -0.3 is 14.2 Å². The lowest BCUT2D eigenvalue weighted by molar-refractivity contribution is -0.134. The summed E-state index contributed by atoms with van der Waals surface area (Å²) in [6, 6.07) is 5.44. The molecular weight excluding hydrogens is 462 g/mol. The summed E-state index contributed by atoms with van der Waals surface area (Å²) in [7, 11) is 0. The Balaban J connectivity index is 1.49. The fourth-order valence-corrected chi connectivity index (χ4v) is 5.40. The molecule has 1 atom stereocenters. The minimum atomic E-state index is -4.33. The Bertz CT molecular complexity index is 1220. The lowest BCUT2D eigenvalue weighted by Gasteiger charge is -2.45. The molecule has 0 spiro atoms. The zero-order valence-electron chi connectivity index (χ0n) is 19.9. The van der Waals surface area contributed by atoms with Crippen molar-refractivity contribution in [3.8, 4) is 6.01 Å². The van der Waals surface area contributed by atoms with E-state index in [0.717, 1.165) is 38.0 Å². The van der Waals surface area contributed by atoms with E-state index in [1.54, 1.807) is 30.5 Å². The molecule has 1 aromatic carbocycles. The summed E-state index contributed by atoms with van der Waals surface area (Å²) in [6.07, 6.45) is -3.41. The van der Waals surface area contributed by atoms with Crippen LogP contribution >= 0.6 is 0 Å². The molecule has 0 N–H and O–H groups in total. The quantitative estimate of drug-likeness (QED) is 0.434. The second-order valence-electron chi connectivity index (χ2n) is 9.52. The lowest BCUT2D eigenvalue weighted by Crippen LogP contribution is -2.46. The van der Waals surface area contributed by atoms with Crippen LogP contribution in [0, 0.1) is 18.7 Å². The van der Waals surface area contributed by atoms with Gasteiger partial charge in [-0.3, -0.25) is 0 Å². The maximum atomic E-state index is 15.3. The van der Waals surface area contributed by atoms with E-state index in [-0.39, 0.29) is 30.6 Å². The minimum Gasteiger partial charge on any atom is -0.464 e. The molecule has 3 saturated heterocycles. The Morgan fingerprint density at radius 2 is 1.89 bits per heavy atom. The first-order chi connectivity index (χ1) is 16.7. The molecule has 35 heavy (non-hydrogen) atoms. The molecular formula is C25H29F4N5O. The third-order valence-electron chi connectivity index (χ3n) is 7.22. The van der Waals surface area contributed by atoms with E-state index in [9.17, 15) is 13.2 Å². The number of aromatic nitrogens is 4. The second kappa shape index (κ2) is 9.37. The predicted molar refractivity (Wildman–Crippen MR) is 123 cm³/mol. The van der Waals surface area contributed by atoms with Gasteiger partial charge in [0.05, 0.1) is 25.3 Å². The number of imidazole rings is 1. The van der Waals surface area contributed by atoms with Gasteiger partial charge in [-0.1, -0.05) is 12.1 Å². The van der Waals surface area contributed by atoms with Crippen LogP contribution in [0.25, 0.3) is 11.2 Å². The van der Waals surface area contributed by atoms with Gasteiger partial charge >= 0.3 is 12.2 Å². The molecule has 10 heteroatoms. The number of halogens is 4. The summed E-state index contributed by atoms with van der Waals surface area (Å²) in [5.41, 5.74) is 2.62. The molecule has 2 aromatic heterocycles. The standard InChI is InChI=1S/C25H29F4N5O/c1-3-35-24-30-15(2)22-23(32-24)34(21(31-22)6-9-25(27,28)29)13-18-5-4-17(12-20(18)26)19-14-33-10-7-16(19)8-11-33/h4-5,12,16,19H,3,6-11,13-14H2,1-2H3. The van der Waals surface area contributed by atoms with Crippen molar-refractivity contribution in [2.75, 3.05) is 26.2 Å². The number of rotatable bonds is 7. The molecule has 0 aliphatic carbocycles. The molecule has 1 unspecified atom stereocenters. The van der Waals surface area contributed by atoms with E-state index in [1.807, 2.05) is 6.07 Å². The number of aryl methyl sites for hydroxylation is 2. The van der Waals surface area contributed by atoms with Crippen molar-refractivity contribution < 1.29 is 22.3 Å². The third-order valence-corrected chi connectivity index (χ3v) is 7.22. The zero-order valence-corrected chi connectivity index (χ0v) is 19.9. The normalized spacial score (nSPS) is 22.2. The number of fused-ring (bicyclic) bond motifs is 4. The molecule has 0 radical (unpaired) electrons. The first-order valence-corrected chi connectivity index (χ1v) is 12.2. The number of hydrogen-bond acceptors (Lipinski definition) is 5. The van der Waals surface area contributed by atoms with Crippen LogP contribution in [0.15, 0.2) is 18.2 Å². The van der Waals surface area contributed by atoms with Crippen LogP contribution in [0.4, 0.5) is 17.6 Å². The maximum Gasteiger partial charge on any atom is 0.389 e. The van der Waals surface area contributed by atoms with Crippen molar-refractivity contribution in [1.29, 1.82) is 0 Å². The van der Waals surface area contributed by atoms with Gasteiger partial charge in [0.15, 0.2) is 5.65 Å². The fourth-order valence-electron chi connectivity index (χ4n) is 5.40. The van der Waals surface area contributed by atoms with E-state index in [4.69, 9.17) is 4.74 Å². The molecule has 3 aliphatic rings. The van der Waals surface area contributed by atoms with Crippen molar-refractivity contribution in [3.05, 3.63) is 46.7 Å². The first-order valence-electron chi connectivity index (χ1n) is 12.2. The van der Waals surface area contributed by atoms with E-state index < -0.39 is 12.6 Å². The molecule has 6 rings (SSSR count). The second-order valence-corrected chi connectivity index (χ2v) is 9.52. The number of benzene rings is 1. The largest absolute Gasteiger partial charge is 0.464 e. The predicted octanol–water partition coefficient (Wildman–Crippen LogP) is 5.02. The molecule has 188 valence electrons. The van der Waals surface area contributed by atoms with E-state index in [1.165, 1.54) is 0 Å². The van der Waals surface area contributed by atoms with Crippen molar-refractivity contribution >= 4 is 11.2 Å². The fraction of sp³-hybridized carbons (Fsp3) is 0.560. The van der Waals surface area contributed by atoms with Crippen LogP contribution in [-0.2, 0) is 13.0 Å².